The van der Waals surface area contributed by atoms with E-state index in [4.69, 9.17) is 0 Å². The zero-order valence-electron chi connectivity index (χ0n) is 27.3. The van der Waals surface area contributed by atoms with E-state index < -0.39 is 27.4 Å². The second-order valence-electron chi connectivity index (χ2n) is 11.3. The minimum Gasteiger partial charge on any atom is 2.00 e. The van der Waals surface area contributed by atoms with Crippen molar-refractivity contribution in [2.75, 3.05) is 6.16 Å². The van der Waals surface area contributed by atoms with Crippen molar-refractivity contribution < 1.29 is 36.4 Å². The summed E-state index contributed by atoms with van der Waals surface area (Å²) < 4.78 is 59.6. The summed E-state index contributed by atoms with van der Waals surface area (Å²) in [6.07, 6.45) is 1.19. The molecule has 0 aromatic heterocycles. The molecule has 10 heteroatoms. The van der Waals surface area contributed by atoms with Crippen molar-refractivity contribution in [2.45, 2.75) is 47.2 Å². The molecule has 0 amide bonds. The number of halogens is 6. The van der Waals surface area contributed by atoms with Crippen LogP contribution >= 0.6 is 15.8 Å². The van der Waals surface area contributed by atoms with Crippen LogP contribution in [0.1, 0.15) is 41.5 Å². The van der Waals surface area contributed by atoms with Gasteiger partial charge in [-0.2, -0.15) is 0 Å². The fraction of sp³-hybridized carbons (Fsp3) is 0.216. The van der Waals surface area contributed by atoms with Gasteiger partial charge < -0.3 is 0 Å². The number of hydrogen-bond donors (Lipinski definition) is 0. The number of benzene rings is 4. The van der Waals surface area contributed by atoms with Crippen molar-refractivity contribution in [1.82, 2.24) is 0 Å². The Balaban J connectivity index is 0.000000352. The second-order valence-corrected chi connectivity index (χ2v) is 21.6. The molecule has 1 aliphatic rings. The molecule has 0 nitrogen and oxygen atoms in total. The Kier molecular flexibility index (Phi) is 15.3. The molecule has 4 aromatic carbocycles. The molecule has 5 rings (SSSR count). The van der Waals surface area contributed by atoms with Gasteiger partial charge in [-0.3, -0.25) is 0 Å². The van der Waals surface area contributed by atoms with Gasteiger partial charge in [0.15, 0.2) is 0 Å². The molecule has 0 aliphatic heterocycles. The third-order valence-corrected chi connectivity index (χ3v) is 13.7. The third kappa shape index (κ3) is 14.6. The molecular formula is C37H41F6P2RhSb+. The SMILES string of the molecule is C[C@H](CP(c1ccccc1)c1ccccc1)P(c1ccccc1)c1ccccc1.C[C]1[C](C)[C](C)[C](C)[C]1C.[F][Sb-]([F])([F])([F])([F])[F].[Rh+2]. The first-order valence-corrected chi connectivity index (χ1v) is 23.6. The van der Waals surface area contributed by atoms with Crippen molar-refractivity contribution >= 4 is 56.5 Å². The van der Waals surface area contributed by atoms with Crippen LogP contribution in [0.4, 0.5) is 16.9 Å². The molecule has 254 valence electrons. The summed E-state index contributed by atoms with van der Waals surface area (Å²) in [6.45, 7) is 13.4. The maximum absolute atomic E-state index is 11.2. The van der Waals surface area contributed by atoms with Gasteiger partial charge in [-0.1, -0.05) is 163 Å². The summed E-state index contributed by atoms with van der Waals surface area (Å²) >= 11 is -11.2. The van der Waals surface area contributed by atoms with Crippen LogP contribution in [0.15, 0.2) is 121 Å². The topological polar surface area (TPSA) is 0 Å². The molecule has 0 bridgehead atoms. The Labute approximate surface area is 295 Å². The van der Waals surface area contributed by atoms with Gasteiger partial charge in [0.1, 0.15) is 0 Å². The second kappa shape index (κ2) is 17.1. The maximum atomic E-state index is 9.93. The average Bonchev–Trinajstić information content (AvgIpc) is 3.18. The molecule has 1 aliphatic carbocycles. The van der Waals surface area contributed by atoms with E-state index in [0.29, 0.717) is 5.66 Å². The van der Waals surface area contributed by atoms with E-state index in [1.54, 1.807) is 0 Å². The van der Waals surface area contributed by atoms with Gasteiger partial charge in [0.2, 0.25) is 0 Å². The number of hydrogen-bond acceptors (Lipinski definition) is 0. The molecule has 0 unspecified atom stereocenters. The van der Waals surface area contributed by atoms with Gasteiger partial charge in [-0.25, -0.2) is 0 Å². The summed E-state index contributed by atoms with van der Waals surface area (Å²) in [5.74, 6) is 7.34. The molecule has 0 heterocycles. The van der Waals surface area contributed by atoms with E-state index in [1.165, 1.54) is 57.0 Å². The van der Waals surface area contributed by atoms with Crippen molar-refractivity contribution in [3.63, 3.8) is 0 Å². The van der Waals surface area contributed by atoms with E-state index in [0.717, 1.165) is 0 Å². The van der Waals surface area contributed by atoms with Crippen LogP contribution < -0.4 is 21.2 Å². The summed E-state index contributed by atoms with van der Waals surface area (Å²) in [6, 6.07) is 44.3. The largest absolute Gasteiger partial charge is 2.00 e. The quantitative estimate of drug-likeness (QED) is 0.0986. The third-order valence-electron chi connectivity index (χ3n) is 7.90. The van der Waals surface area contributed by atoms with E-state index in [1.807, 2.05) is 0 Å². The van der Waals surface area contributed by atoms with Crippen molar-refractivity contribution in [3.05, 3.63) is 151 Å². The smallest absolute Gasteiger partial charge is 2.00 e. The Morgan fingerprint density at radius 1 is 0.447 bits per heavy atom. The molecule has 1 saturated carbocycles. The minimum atomic E-state index is -11.2. The molecule has 6 radical (unpaired) electrons. The molecule has 1 fully saturated rings. The van der Waals surface area contributed by atoms with Gasteiger partial charge in [0, 0.05) is 0 Å². The van der Waals surface area contributed by atoms with Crippen LogP contribution in [0.25, 0.3) is 0 Å². The zero-order valence-corrected chi connectivity index (χ0v) is 33.3. The van der Waals surface area contributed by atoms with Gasteiger partial charge in [0.05, 0.1) is 0 Å². The van der Waals surface area contributed by atoms with Crippen molar-refractivity contribution in [3.8, 4) is 0 Å². The van der Waals surface area contributed by atoms with Crippen LogP contribution in [0.3, 0.4) is 0 Å². The van der Waals surface area contributed by atoms with Crippen molar-refractivity contribution in [2.24, 2.45) is 0 Å². The minimum absolute atomic E-state index is 0. The van der Waals surface area contributed by atoms with Gasteiger partial charge in [-0.05, 0) is 78.5 Å². The summed E-state index contributed by atoms with van der Waals surface area (Å²) in [5, 5.41) is 5.88. The Bertz CT molecular complexity index is 1330. The summed E-state index contributed by atoms with van der Waals surface area (Å²) in [5.41, 5.74) is 0.585. The first kappa shape index (κ1) is 41.9. The van der Waals surface area contributed by atoms with E-state index in [-0.39, 0.29) is 27.4 Å². The Morgan fingerprint density at radius 3 is 0.894 bits per heavy atom. The predicted octanol–water partition coefficient (Wildman–Crippen LogP) is 10.8. The molecule has 1 atom stereocenters. The van der Waals surface area contributed by atoms with Crippen LogP contribution in [-0.2, 0) is 19.5 Å². The van der Waals surface area contributed by atoms with Crippen LogP contribution in [0.5, 0.6) is 0 Å². The van der Waals surface area contributed by atoms with E-state index >= 15 is 0 Å². The van der Waals surface area contributed by atoms with E-state index in [9.17, 15) is 16.9 Å². The Morgan fingerprint density at radius 2 is 0.660 bits per heavy atom. The molecule has 0 N–H and O–H groups in total. The monoisotopic (exact) mass is 885 g/mol. The molecule has 47 heavy (non-hydrogen) atoms. The molecule has 4 aromatic rings. The standard InChI is InChI=1S/C27H26P2.C10H15.6FH.Rh.Sb/c1-23(29(26-18-10-4-11-19-26)27-20-12-5-13-21-27)22-28(24-14-6-2-7-15-24)25-16-8-3-9-17-25;1-6-7(2)9(4)10(5)8(6)3;;;;;;;;/h2-21,23H,22H2,1H3;1-5H3;6*1H;;/q;;;;;;;;+2;+5/p-6/t23-;;;;;;;;;/m1........./s1. The Hall–Kier alpha value is -1.24. The normalized spacial score (nSPS) is 17.1. The fourth-order valence-corrected chi connectivity index (χ4v) is 10.9. The van der Waals surface area contributed by atoms with Crippen molar-refractivity contribution in [1.29, 1.82) is 0 Å². The average molecular weight is 886 g/mol. The molecular weight excluding hydrogens is 845 g/mol. The van der Waals surface area contributed by atoms with Gasteiger partial charge in [-0.15, -0.1) is 0 Å². The summed E-state index contributed by atoms with van der Waals surface area (Å²) in [4.78, 5) is 0. The first-order valence-electron chi connectivity index (χ1n) is 14.9. The molecule has 0 saturated heterocycles. The van der Waals surface area contributed by atoms with Crippen LogP contribution in [0.2, 0.25) is 0 Å². The van der Waals surface area contributed by atoms with Crippen LogP contribution in [0, 0.1) is 29.6 Å². The first-order chi connectivity index (χ1) is 21.3. The molecule has 0 spiro atoms. The van der Waals surface area contributed by atoms with Crippen LogP contribution in [-0.4, -0.2) is 31.3 Å². The zero-order chi connectivity index (χ0) is 34.2. The number of rotatable bonds is 7. The summed E-state index contributed by atoms with van der Waals surface area (Å²) in [7, 11) is -0.796. The fourth-order valence-electron chi connectivity index (χ4n) is 5.16. The van der Waals surface area contributed by atoms with Gasteiger partial charge in [0.25, 0.3) is 0 Å². The van der Waals surface area contributed by atoms with Gasteiger partial charge >= 0.3 is 55.8 Å². The van der Waals surface area contributed by atoms with E-state index in [2.05, 4.69) is 163 Å². The maximum Gasteiger partial charge on any atom is 2.00 e. The predicted molar refractivity (Wildman–Crippen MR) is 189 cm³/mol.